The molecule has 2 unspecified atom stereocenters. The zero-order valence-corrected chi connectivity index (χ0v) is 20.8. The van der Waals surface area contributed by atoms with Gasteiger partial charge in [0.15, 0.2) is 9.84 Å². The molecule has 34 heavy (non-hydrogen) atoms. The van der Waals surface area contributed by atoms with Gasteiger partial charge >= 0.3 is 0 Å². The highest BCUT2D eigenvalue weighted by Crippen LogP contribution is 2.43. The molecular weight excluding hydrogens is 503 g/mol. The lowest BCUT2D eigenvalue weighted by molar-refractivity contribution is -0.120. The van der Waals surface area contributed by atoms with Crippen LogP contribution in [0.25, 0.3) is 0 Å². The lowest BCUT2D eigenvalue weighted by Crippen LogP contribution is -2.43. The van der Waals surface area contributed by atoms with E-state index in [0.29, 0.717) is 40.6 Å². The fourth-order valence-corrected chi connectivity index (χ4v) is 7.30. The highest BCUT2D eigenvalue weighted by Gasteiger charge is 2.42. The zero-order valence-electron chi connectivity index (χ0n) is 18.5. The molecule has 1 fully saturated rings. The van der Waals surface area contributed by atoms with Crippen LogP contribution in [-0.4, -0.2) is 62.5 Å². The molecule has 0 bridgehead atoms. The van der Waals surface area contributed by atoms with E-state index in [1.54, 1.807) is 24.0 Å². The first-order chi connectivity index (χ1) is 16.1. The summed E-state index contributed by atoms with van der Waals surface area (Å²) in [7, 11) is -1.60. The van der Waals surface area contributed by atoms with Crippen molar-refractivity contribution < 1.29 is 27.2 Å². The van der Waals surface area contributed by atoms with E-state index >= 15 is 0 Å². The monoisotopic (exact) mass is 524 g/mol. The third-order valence-electron chi connectivity index (χ3n) is 6.78. The minimum Gasteiger partial charge on any atom is -0.468 e. The Kier molecular flexibility index (Phi) is 5.87. The summed E-state index contributed by atoms with van der Waals surface area (Å²) in [6.45, 7) is 2.20. The number of hydrogen-bond donors (Lipinski definition) is 0. The number of benzene rings is 1. The zero-order chi connectivity index (χ0) is 24.4. The molecule has 3 aliphatic heterocycles. The number of hydrogen-bond acceptors (Lipinski definition) is 6. The fraction of sp³-hybridized carbons (Fsp3) is 0.435. The number of carbonyl (C=O) groups excluding carboxylic acids is 2. The van der Waals surface area contributed by atoms with Gasteiger partial charge in [-0.05, 0) is 31.0 Å². The topological polar surface area (TPSA) is 106 Å². The van der Waals surface area contributed by atoms with Crippen LogP contribution in [0.2, 0.25) is 10.0 Å². The summed E-state index contributed by atoms with van der Waals surface area (Å²) in [5.41, 5.74) is 2.74. The van der Waals surface area contributed by atoms with Gasteiger partial charge in [0.2, 0.25) is 0 Å². The Hall–Kier alpha value is -2.20. The Labute approximate surface area is 206 Å². The highest BCUT2D eigenvalue weighted by atomic mass is 35.5. The van der Waals surface area contributed by atoms with Crippen LogP contribution in [0.3, 0.4) is 0 Å². The molecule has 4 heterocycles. The maximum atomic E-state index is 13.6. The average Bonchev–Trinajstić information content (AvgIpc) is 3.25. The quantitative estimate of drug-likeness (QED) is 0.592. The summed E-state index contributed by atoms with van der Waals surface area (Å²) >= 11 is 13.3. The molecule has 2 amide bonds. The van der Waals surface area contributed by atoms with Crippen LogP contribution in [-0.2, 0) is 25.8 Å². The Morgan fingerprint density at radius 2 is 2.03 bits per heavy atom. The predicted molar refractivity (Wildman–Crippen MR) is 127 cm³/mol. The Morgan fingerprint density at radius 3 is 2.71 bits per heavy atom. The molecule has 0 N–H and O–H groups in total. The van der Waals surface area contributed by atoms with Crippen molar-refractivity contribution in [3.63, 3.8) is 0 Å². The largest absolute Gasteiger partial charge is 0.468 e. The summed E-state index contributed by atoms with van der Waals surface area (Å²) in [6.07, 6.45) is 1.37. The molecule has 0 radical (unpaired) electrons. The second-order valence-electron chi connectivity index (χ2n) is 8.90. The molecule has 5 rings (SSSR count). The van der Waals surface area contributed by atoms with E-state index in [1.807, 2.05) is 0 Å². The van der Waals surface area contributed by atoms with Gasteiger partial charge in [0.25, 0.3) is 11.8 Å². The second kappa shape index (κ2) is 8.48. The number of sulfone groups is 1. The van der Waals surface area contributed by atoms with Gasteiger partial charge in [-0.25, -0.2) is 13.4 Å². The minimum absolute atomic E-state index is 0.00812. The number of ether oxygens (including phenoxy) is 1. The second-order valence-corrected chi connectivity index (χ2v) is 11.8. The van der Waals surface area contributed by atoms with E-state index in [2.05, 4.69) is 4.99 Å². The number of carbonyl (C=O) groups is 2. The first-order valence-electron chi connectivity index (χ1n) is 10.8. The van der Waals surface area contributed by atoms with Crippen LogP contribution in [0.15, 0.2) is 27.8 Å². The number of amides is 2. The Morgan fingerprint density at radius 1 is 1.29 bits per heavy atom. The van der Waals surface area contributed by atoms with Crippen molar-refractivity contribution in [3.8, 4) is 0 Å². The van der Waals surface area contributed by atoms with Crippen molar-refractivity contribution in [2.75, 3.05) is 31.7 Å². The molecule has 2 aromatic rings. The lowest BCUT2D eigenvalue weighted by Gasteiger charge is -2.36. The summed E-state index contributed by atoms with van der Waals surface area (Å²) in [6, 6.07) is 3.43. The van der Waals surface area contributed by atoms with Crippen LogP contribution >= 0.6 is 23.2 Å². The molecule has 180 valence electrons. The third-order valence-corrected chi connectivity index (χ3v) is 9.40. The minimum atomic E-state index is -3.08. The number of methoxy groups -OCH3 is 1. The molecule has 0 aliphatic carbocycles. The van der Waals surface area contributed by atoms with Crippen LogP contribution in [0.4, 0.5) is 0 Å². The molecule has 0 saturated carbocycles. The summed E-state index contributed by atoms with van der Waals surface area (Å²) < 4.78 is 34.6. The molecule has 8 nitrogen and oxygen atoms in total. The van der Waals surface area contributed by atoms with E-state index in [-0.39, 0.29) is 46.4 Å². The van der Waals surface area contributed by atoms with Crippen molar-refractivity contribution >= 4 is 50.6 Å². The van der Waals surface area contributed by atoms with Gasteiger partial charge in [-0.3, -0.25) is 9.59 Å². The van der Waals surface area contributed by atoms with Gasteiger partial charge in [0.1, 0.15) is 11.7 Å². The summed E-state index contributed by atoms with van der Waals surface area (Å²) in [4.78, 5) is 31.9. The number of rotatable bonds is 5. The van der Waals surface area contributed by atoms with Crippen molar-refractivity contribution in [3.05, 3.63) is 56.5 Å². The normalized spacial score (nSPS) is 22.6. The van der Waals surface area contributed by atoms with Crippen molar-refractivity contribution in [1.82, 2.24) is 4.90 Å². The van der Waals surface area contributed by atoms with Crippen molar-refractivity contribution in [1.29, 1.82) is 0 Å². The first-order valence-corrected chi connectivity index (χ1v) is 13.4. The lowest BCUT2D eigenvalue weighted by atomic mass is 9.90. The molecule has 1 aromatic carbocycles. The molecular formula is C23H22Cl2N2O6S. The smallest absolute Gasteiger partial charge is 0.258 e. The molecule has 2 atom stereocenters. The number of furan rings is 1. The Bertz CT molecular complexity index is 1340. The summed E-state index contributed by atoms with van der Waals surface area (Å²) in [5.74, 6) is -1.20. The maximum Gasteiger partial charge on any atom is 0.258 e. The number of halogens is 2. The Balaban J connectivity index is 1.47. The number of fused-ring (bicyclic) bond motifs is 2. The third kappa shape index (κ3) is 3.79. The maximum absolute atomic E-state index is 13.6. The van der Waals surface area contributed by atoms with Gasteiger partial charge in [0, 0.05) is 42.3 Å². The predicted octanol–water partition coefficient (Wildman–Crippen LogP) is 3.45. The summed E-state index contributed by atoms with van der Waals surface area (Å²) in [5, 5.41) is 0.585. The van der Waals surface area contributed by atoms with Crippen LogP contribution < -0.4 is 0 Å². The van der Waals surface area contributed by atoms with Crippen LogP contribution in [0.1, 0.15) is 51.8 Å². The molecule has 1 saturated heterocycles. The number of nitrogens with zero attached hydrogens (tertiary/aromatic N) is 2. The van der Waals surface area contributed by atoms with Crippen LogP contribution in [0.5, 0.6) is 0 Å². The van der Waals surface area contributed by atoms with Gasteiger partial charge in [-0.2, -0.15) is 0 Å². The van der Waals surface area contributed by atoms with E-state index in [4.69, 9.17) is 32.4 Å². The van der Waals surface area contributed by atoms with Gasteiger partial charge in [-0.1, -0.05) is 23.2 Å². The van der Waals surface area contributed by atoms with Gasteiger partial charge in [-0.15, -0.1) is 0 Å². The first kappa shape index (κ1) is 23.5. The standard InChI is InChI=1S/C23H22Cl2N2O6S/c1-11-13-4-6-33-21(13)16(22(28)26-11)8-27-5-3-14-17(24)7-15(19(25)18(14)23(27)29)20(32-2)12-9-34(30,31)10-12/h4,6-7,12,16,20H,3,5,8-10H2,1-2H3. The molecule has 3 aliphatic rings. The molecule has 1 aromatic heterocycles. The van der Waals surface area contributed by atoms with E-state index in [0.717, 1.165) is 5.56 Å². The van der Waals surface area contributed by atoms with E-state index < -0.39 is 21.9 Å². The molecule has 0 spiro atoms. The highest BCUT2D eigenvalue weighted by molar-refractivity contribution is 7.92. The number of aliphatic imine (C=N–C) groups is 1. The van der Waals surface area contributed by atoms with Crippen molar-refractivity contribution in [2.45, 2.75) is 25.4 Å². The molecule has 11 heteroatoms. The van der Waals surface area contributed by atoms with E-state index in [9.17, 15) is 18.0 Å². The fourth-order valence-electron chi connectivity index (χ4n) is 5.08. The van der Waals surface area contributed by atoms with Gasteiger partial charge in [0.05, 0.1) is 40.2 Å². The van der Waals surface area contributed by atoms with Gasteiger partial charge < -0.3 is 14.1 Å². The SMILES string of the molecule is COC(c1cc(Cl)c2c(c1Cl)C(=O)N(CC1C(=O)N=C(C)c3ccoc31)CC2)C1CS(=O)(=O)C1. The van der Waals surface area contributed by atoms with E-state index in [1.165, 1.54) is 13.4 Å². The van der Waals surface area contributed by atoms with Crippen molar-refractivity contribution in [2.24, 2.45) is 10.9 Å². The van der Waals surface area contributed by atoms with Crippen LogP contribution in [0, 0.1) is 5.92 Å². The average molecular weight is 525 g/mol.